The van der Waals surface area contributed by atoms with Gasteiger partial charge in [0.2, 0.25) is 0 Å². The number of hydrogen-bond donors (Lipinski definition) is 1. The first-order chi connectivity index (χ1) is 12.0. The van der Waals surface area contributed by atoms with Gasteiger partial charge in [0.05, 0.1) is 7.11 Å². The van der Waals surface area contributed by atoms with Gasteiger partial charge in [-0.15, -0.1) is 0 Å². The molecule has 0 radical (unpaired) electrons. The Morgan fingerprint density at radius 1 is 1.08 bits per heavy atom. The Bertz CT molecular complexity index is 738. The van der Waals surface area contributed by atoms with Crippen molar-refractivity contribution in [3.8, 4) is 11.5 Å². The highest BCUT2D eigenvalue weighted by atomic mass is 16.5. The van der Waals surface area contributed by atoms with E-state index >= 15 is 0 Å². The van der Waals surface area contributed by atoms with Crippen molar-refractivity contribution in [1.82, 2.24) is 5.32 Å². The van der Waals surface area contributed by atoms with Gasteiger partial charge in [-0.1, -0.05) is 17.7 Å². The van der Waals surface area contributed by atoms with Crippen LogP contribution in [-0.4, -0.2) is 32.0 Å². The van der Waals surface area contributed by atoms with Gasteiger partial charge in [0.15, 0.2) is 12.4 Å². The smallest absolute Gasteiger partial charge is 0.257 e. The normalized spacial score (nSPS) is 10.2. The Balaban J connectivity index is 1.77. The first-order valence-electron chi connectivity index (χ1n) is 8.13. The maximum absolute atomic E-state index is 11.9. The van der Waals surface area contributed by atoms with E-state index in [1.807, 2.05) is 19.1 Å². The van der Waals surface area contributed by atoms with Crippen LogP contribution in [-0.2, 0) is 11.2 Å². The number of benzene rings is 2. The van der Waals surface area contributed by atoms with Crippen molar-refractivity contribution in [2.24, 2.45) is 0 Å². The van der Waals surface area contributed by atoms with Gasteiger partial charge in [0.1, 0.15) is 11.5 Å². The molecule has 2 aromatic carbocycles. The zero-order chi connectivity index (χ0) is 18.2. The average molecular weight is 341 g/mol. The highest BCUT2D eigenvalue weighted by Gasteiger charge is 2.06. The molecule has 5 heteroatoms. The number of ketones is 1. The highest BCUT2D eigenvalue weighted by molar-refractivity contribution is 5.94. The molecule has 25 heavy (non-hydrogen) atoms. The Hall–Kier alpha value is -2.82. The molecule has 0 atom stereocenters. The van der Waals surface area contributed by atoms with Crippen molar-refractivity contribution in [2.45, 2.75) is 20.3 Å². The molecular formula is C20H23NO4. The minimum absolute atomic E-state index is 0.00382. The van der Waals surface area contributed by atoms with Crippen LogP contribution in [0.25, 0.3) is 0 Å². The number of hydrogen-bond acceptors (Lipinski definition) is 4. The summed E-state index contributed by atoms with van der Waals surface area (Å²) < 4.78 is 10.7. The Kier molecular flexibility index (Phi) is 6.57. The van der Waals surface area contributed by atoms with Gasteiger partial charge in [-0.3, -0.25) is 9.59 Å². The Morgan fingerprint density at radius 3 is 2.44 bits per heavy atom. The number of carbonyl (C=O) groups is 2. The maximum atomic E-state index is 11.9. The SMILES string of the molecule is COc1ccc(C)cc1CCNC(=O)COc1ccc(C(C)=O)cc1. The fraction of sp³-hybridized carbons (Fsp3) is 0.300. The fourth-order valence-corrected chi connectivity index (χ4v) is 2.43. The molecular weight excluding hydrogens is 318 g/mol. The van der Waals surface area contributed by atoms with Crippen LogP contribution in [0.1, 0.15) is 28.4 Å². The number of aryl methyl sites for hydroxylation is 1. The molecule has 0 unspecified atom stereocenters. The largest absolute Gasteiger partial charge is 0.496 e. The van der Waals surface area contributed by atoms with Gasteiger partial charge in [-0.05, 0) is 56.2 Å². The molecule has 1 N–H and O–H groups in total. The number of rotatable bonds is 8. The third-order valence-electron chi connectivity index (χ3n) is 3.78. The molecule has 0 saturated carbocycles. The summed E-state index contributed by atoms with van der Waals surface area (Å²) in [6.07, 6.45) is 0.684. The van der Waals surface area contributed by atoms with Crippen LogP contribution in [0.5, 0.6) is 11.5 Å². The van der Waals surface area contributed by atoms with E-state index in [9.17, 15) is 9.59 Å². The van der Waals surface area contributed by atoms with Crippen molar-refractivity contribution in [3.05, 3.63) is 59.2 Å². The lowest BCUT2D eigenvalue weighted by atomic mass is 10.1. The monoisotopic (exact) mass is 341 g/mol. The molecule has 0 aliphatic carbocycles. The second-order valence-electron chi connectivity index (χ2n) is 5.78. The predicted molar refractivity (Wildman–Crippen MR) is 96.4 cm³/mol. The van der Waals surface area contributed by atoms with Crippen molar-refractivity contribution >= 4 is 11.7 Å². The lowest BCUT2D eigenvalue weighted by molar-refractivity contribution is -0.123. The van der Waals surface area contributed by atoms with Crippen molar-refractivity contribution in [1.29, 1.82) is 0 Å². The molecule has 2 rings (SSSR count). The minimum Gasteiger partial charge on any atom is -0.496 e. The fourth-order valence-electron chi connectivity index (χ4n) is 2.43. The predicted octanol–water partition coefficient (Wildman–Crippen LogP) is 2.94. The summed E-state index contributed by atoms with van der Waals surface area (Å²) in [6, 6.07) is 12.7. The van der Waals surface area contributed by atoms with Crippen molar-refractivity contribution in [3.63, 3.8) is 0 Å². The molecule has 1 amide bonds. The lowest BCUT2D eigenvalue weighted by Gasteiger charge is -2.11. The molecule has 0 spiro atoms. The van der Waals surface area contributed by atoms with Crippen LogP contribution in [0.2, 0.25) is 0 Å². The molecule has 0 bridgehead atoms. The van der Waals surface area contributed by atoms with Crippen LogP contribution in [0, 0.1) is 6.92 Å². The van der Waals surface area contributed by atoms with Crippen LogP contribution in [0.4, 0.5) is 0 Å². The van der Waals surface area contributed by atoms with Gasteiger partial charge in [0, 0.05) is 12.1 Å². The number of Topliss-reactive ketones (excluding diaryl/α,β-unsaturated/α-hetero) is 1. The van der Waals surface area contributed by atoms with E-state index in [2.05, 4.69) is 11.4 Å². The molecule has 0 heterocycles. The van der Waals surface area contributed by atoms with Gasteiger partial charge in [-0.25, -0.2) is 0 Å². The number of ether oxygens (including phenoxy) is 2. The van der Waals surface area contributed by atoms with E-state index in [-0.39, 0.29) is 18.3 Å². The summed E-state index contributed by atoms with van der Waals surface area (Å²) >= 11 is 0. The van der Waals surface area contributed by atoms with Crippen molar-refractivity contribution < 1.29 is 19.1 Å². The average Bonchev–Trinajstić information content (AvgIpc) is 2.60. The summed E-state index contributed by atoms with van der Waals surface area (Å²) in [7, 11) is 1.64. The van der Waals surface area contributed by atoms with E-state index in [1.54, 1.807) is 31.4 Å². The Labute approximate surface area is 148 Å². The van der Waals surface area contributed by atoms with Crippen LogP contribution in [0.3, 0.4) is 0 Å². The molecule has 132 valence electrons. The number of carbonyl (C=O) groups excluding carboxylic acids is 2. The lowest BCUT2D eigenvalue weighted by Crippen LogP contribution is -2.30. The molecule has 0 aromatic heterocycles. The first kappa shape index (κ1) is 18.5. The van der Waals surface area contributed by atoms with Gasteiger partial charge in [0.25, 0.3) is 5.91 Å². The number of amides is 1. The Morgan fingerprint density at radius 2 is 1.80 bits per heavy atom. The van der Waals surface area contributed by atoms with E-state index in [0.29, 0.717) is 24.3 Å². The highest BCUT2D eigenvalue weighted by Crippen LogP contribution is 2.19. The number of nitrogens with one attached hydrogen (secondary N) is 1. The van der Waals surface area contributed by atoms with E-state index < -0.39 is 0 Å². The minimum atomic E-state index is -0.192. The van der Waals surface area contributed by atoms with E-state index in [1.165, 1.54) is 6.92 Å². The quantitative estimate of drug-likeness (QED) is 0.750. The summed E-state index contributed by atoms with van der Waals surface area (Å²) in [6.45, 7) is 3.97. The van der Waals surface area contributed by atoms with Crippen LogP contribution in [0.15, 0.2) is 42.5 Å². The summed E-state index contributed by atoms with van der Waals surface area (Å²) in [5.74, 6) is 1.18. The zero-order valence-corrected chi connectivity index (χ0v) is 14.8. The zero-order valence-electron chi connectivity index (χ0n) is 14.8. The molecule has 0 fully saturated rings. The summed E-state index contributed by atoms with van der Waals surface area (Å²) in [5, 5.41) is 2.83. The third-order valence-corrected chi connectivity index (χ3v) is 3.78. The van der Waals surface area contributed by atoms with Crippen molar-refractivity contribution in [2.75, 3.05) is 20.3 Å². The summed E-state index contributed by atoms with van der Waals surface area (Å²) in [5.41, 5.74) is 2.83. The topological polar surface area (TPSA) is 64.6 Å². The summed E-state index contributed by atoms with van der Waals surface area (Å²) in [4.78, 5) is 23.1. The van der Waals surface area contributed by atoms with Gasteiger partial charge in [-0.2, -0.15) is 0 Å². The first-order valence-corrected chi connectivity index (χ1v) is 8.13. The third kappa shape index (κ3) is 5.64. The molecule has 2 aromatic rings. The van der Waals surface area contributed by atoms with Gasteiger partial charge < -0.3 is 14.8 Å². The number of methoxy groups -OCH3 is 1. The van der Waals surface area contributed by atoms with Crippen LogP contribution >= 0.6 is 0 Å². The second-order valence-corrected chi connectivity index (χ2v) is 5.78. The van der Waals surface area contributed by atoms with E-state index in [0.717, 1.165) is 16.9 Å². The van der Waals surface area contributed by atoms with Gasteiger partial charge >= 0.3 is 0 Å². The maximum Gasteiger partial charge on any atom is 0.257 e. The molecule has 0 aliphatic rings. The molecule has 5 nitrogen and oxygen atoms in total. The second kappa shape index (κ2) is 8.87. The molecule has 0 saturated heterocycles. The van der Waals surface area contributed by atoms with E-state index in [4.69, 9.17) is 9.47 Å². The standard InChI is InChI=1S/C20H23NO4/c1-14-4-9-19(24-3)17(12-14)10-11-21-20(23)13-25-18-7-5-16(6-8-18)15(2)22/h4-9,12H,10-11,13H2,1-3H3,(H,21,23). The molecule has 0 aliphatic heterocycles. The van der Waals surface area contributed by atoms with Crippen LogP contribution < -0.4 is 14.8 Å².